The number of nitrogens with one attached hydrogen (secondary N) is 1. The van der Waals surface area contributed by atoms with E-state index in [2.05, 4.69) is 4.72 Å². The molecule has 1 aliphatic rings. The monoisotopic (exact) mass is 193 g/mol. The van der Waals surface area contributed by atoms with Crippen LogP contribution in [0.1, 0.15) is 20.8 Å². The molecule has 1 N–H and O–H groups in total. The highest BCUT2D eigenvalue weighted by atomic mass is 32.2. The molecule has 0 amide bonds. The highest BCUT2D eigenvalue weighted by Crippen LogP contribution is 2.27. The average Bonchev–Trinajstić information content (AvgIpc) is 1.83. The van der Waals surface area contributed by atoms with Gasteiger partial charge in [-0.2, -0.15) is 0 Å². The van der Waals surface area contributed by atoms with Gasteiger partial charge in [0.2, 0.25) is 10.0 Å². The lowest BCUT2D eigenvalue weighted by molar-refractivity contribution is 0.0299. The third-order valence-electron chi connectivity index (χ3n) is 1.66. The number of ether oxygens (including phenoxy) is 1. The summed E-state index contributed by atoms with van der Waals surface area (Å²) < 4.78 is 30.5. The topological polar surface area (TPSA) is 55.4 Å². The number of hydrogen-bond acceptors (Lipinski definition) is 3. The summed E-state index contributed by atoms with van der Waals surface area (Å²) in [7, 11) is -3.25. The standard InChI is InChI=1S/C7H15NO3S/c1-7(2,3)6-11-5-4-8-12(6,9)10/h6,8H,4-5H2,1-3H3. The van der Waals surface area contributed by atoms with Crippen molar-refractivity contribution in [2.75, 3.05) is 13.2 Å². The first-order valence-electron chi connectivity index (χ1n) is 3.94. The first-order valence-corrected chi connectivity index (χ1v) is 5.49. The summed E-state index contributed by atoms with van der Waals surface area (Å²) in [5.74, 6) is 0. The van der Waals surface area contributed by atoms with Crippen molar-refractivity contribution in [1.29, 1.82) is 0 Å². The van der Waals surface area contributed by atoms with Gasteiger partial charge in [0.25, 0.3) is 0 Å². The Morgan fingerprint density at radius 2 is 2.00 bits per heavy atom. The van der Waals surface area contributed by atoms with E-state index in [-0.39, 0.29) is 5.41 Å². The maximum Gasteiger partial charge on any atom is 0.239 e. The quantitative estimate of drug-likeness (QED) is 0.602. The first-order chi connectivity index (χ1) is 5.34. The molecule has 1 rings (SSSR count). The zero-order valence-electron chi connectivity index (χ0n) is 7.62. The van der Waals surface area contributed by atoms with E-state index in [1.807, 2.05) is 20.8 Å². The number of sulfonamides is 1. The molecule has 0 bridgehead atoms. The summed E-state index contributed by atoms with van der Waals surface area (Å²) in [4.78, 5) is 0. The lowest BCUT2D eigenvalue weighted by Gasteiger charge is -2.33. The largest absolute Gasteiger partial charge is 0.359 e. The Hall–Kier alpha value is -0.130. The van der Waals surface area contributed by atoms with Crippen molar-refractivity contribution in [3.63, 3.8) is 0 Å². The van der Waals surface area contributed by atoms with E-state index < -0.39 is 15.5 Å². The highest BCUT2D eigenvalue weighted by Gasteiger charge is 2.39. The van der Waals surface area contributed by atoms with Crippen molar-refractivity contribution >= 4 is 10.0 Å². The molecule has 0 aromatic rings. The fourth-order valence-electron chi connectivity index (χ4n) is 1.23. The van der Waals surface area contributed by atoms with E-state index in [4.69, 9.17) is 4.74 Å². The minimum Gasteiger partial charge on any atom is -0.359 e. The molecule has 0 spiro atoms. The molecular weight excluding hydrogens is 178 g/mol. The van der Waals surface area contributed by atoms with Gasteiger partial charge >= 0.3 is 0 Å². The molecule has 1 aliphatic heterocycles. The zero-order chi connectivity index (χ0) is 9.41. The SMILES string of the molecule is CC(C)(C)C1OCCNS1(=O)=O. The Morgan fingerprint density at radius 3 is 2.33 bits per heavy atom. The van der Waals surface area contributed by atoms with Crippen molar-refractivity contribution in [3.05, 3.63) is 0 Å². The van der Waals surface area contributed by atoms with E-state index >= 15 is 0 Å². The van der Waals surface area contributed by atoms with E-state index in [1.54, 1.807) is 0 Å². The molecule has 1 saturated heterocycles. The van der Waals surface area contributed by atoms with Gasteiger partial charge in [-0.1, -0.05) is 20.8 Å². The van der Waals surface area contributed by atoms with Crippen LogP contribution in [0.3, 0.4) is 0 Å². The molecule has 0 aromatic carbocycles. The molecule has 0 aliphatic carbocycles. The van der Waals surface area contributed by atoms with Crippen LogP contribution in [0.4, 0.5) is 0 Å². The van der Waals surface area contributed by atoms with Crippen molar-refractivity contribution in [3.8, 4) is 0 Å². The molecule has 72 valence electrons. The fraction of sp³-hybridized carbons (Fsp3) is 1.00. The Morgan fingerprint density at radius 1 is 1.42 bits per heavy atom. The van der Waals surface area contributed by atoms with Gasteiger partial charge in [0.15, 0.2) is 5.44 Å². The highest BCUT2D eigenvalue weighted by molar-refractivity contribution is 7.90. The van der Waals surface area contributed by atoms with Crippen molar-refractivity contribution < 1.29 is 13.2 Å². The fourth-order valence-corrected chi connectivity index (χ4v) is 2.96. The van der Waals surface area contributed by atoms with Crippen molar-refractivity contribution in [1.82, 2.24) is 4.72 Å². The predicted molar refractivity (Wildman–Crippen MR) is 46.1 cm³/mol. The van der Waals surface area contributed by atoms with Crippen molar-refractivity contribution in [2.24, 2.45) is 5.41 Å². The molecule has 0 radical (unpaired) electrons. The normalized spacial score (nSPS) is 30.1. The molecule has 1 heterocycles. The molecule has 5 heteroatoms. The van der Waals surface area contributed by atoms with Gasteiger partial charge in [-0.3, -0.25) is 0 Å². The summed E-state index contributed by atoms with van der Waals surface area (Å²) >= 11 is 0. The third kappa shape index (κ3) is 1.97. The van der Waals surface area contributed by atoms with E-state index in [0.717, 1.165) is 0 Å². The van der Waals surface area contributed by atoms with Crippen molar-refractivity contribution in [2.45, 2.75) is 26.2 Å². The minimum absolute atomic E-state index is 0.369. The van der Waals surface area contributed by atoms with Crippen LogP contribution in [0.15, 0.2) is 0 Å². The Kier molecular flexibility index (Phi) is 2.47. The maximum absolute atomic E-state index is 11.4. The first kappa shape index (κ1) is 9.95. The van der Waals surface area contributed by atoms with Crippen LogP contribution in [0.25, 0.3) is 0 Å². The molecule has 1 atom stereocenters. The molecule has 12 heavy (non-hydrogen) atoms. The van der Waals surface area contributed by atoms with E-state index in [0.29, 0.717) is 13.2 Å². The summed E-state index contributed by atoms with van der Waals surface area (Å²) in [5.41, 5.74) is -1.09. The van der Waals surface area contributed by atoms with Crippen LogP contribution < -0.4 is 4.72 Å². The molecule has 1 unspecified atom stereocenters. The second-order valence-corrected chi connectivity index (χ2v) is 5.81. The summed E-state index contributed by atoms with van der Waals surface area (Å²) in [6.45, 7) is 6.39. The smallest absolute Gasteiger partial charge is 0.239 e. The van der Waals surface area contributed by atoms with Crippen LogP contribution in [-0.2, 0) is 14.8 Å². The molecule has 0 aromatic heterocycles. The average molecular weight is 193 g/mol. The molecule has 0 saturated carbocycles. The Bertz CT molecular complexity index is 252. The summed E-state index contributed by atoms with van der Waals surface area (Å²) in [6.07, 6.45) is 0. The van der Waals surface area contributed by atoms with Gasteiger partial charge in [-0.05, 0) is 0 Å². The van der Waals surface area contributed by atoms with E-state index in [9.17, 15) is 8.42 Å². The van der Waals surface area contributed by atoms with E-state index in [1.165, 1.54) is 0 Å². The second kappa shape index (κ2) is 2.97. The zero-order valence-corrected chi connectivity index (χ0v) is 8.44. The molecule has 4 nitrogen and oxygen atoms in total. The van der Waals surface area contributed by atoms with Gasteiger partial charge in [0, 0.05) is 12.0 Å². The van der Waals surface area contributed by atoms with Gasteiger partial charge in [0.05, 0.1) is 6.61 Å². The molecule has 1 fully saturated rings. The van der Waals surface area contributed by atoms with Crippen LogP contribution in [0.5, 0.6) is 0 Å². The lowest BCUT2D eigenvalue weighted by atomic mass is 9.98. The molecular formula is C7H15NO3S. The number of hydrogen-bond donors (Lipinski definition) is 1. The minimum atomic E-state index is -3.25. The maximum atomic E-state index is 11.4. The van der Waals surface area contributed by atoms with Gasteiger partial charge in [0.1, 0.15) is 0 Å². The Labute approximate surface area is 73.3 Å². The predicted octanol–water partition coefficient (Wildman–Crippen LogP) is 0.308. The van der Waals surface area contributed by atoms with Gasteiger partial charge < -0.3 is 4.74 Å². The van der Waals surface area contributed by atoms with Crippen LogP contribution in [0, 0.1) is 5.41 Å². The summed E-state index contributed by atoms with van der Waals surface area (Å²) in [5, 5.41) is 0. The Balaban J connectivity index is 2.89. The van der Waals surface area contributed by atoms with Gasteiger partial charge in [-0.15, -0.1) is 0 Å². The van der Waals surface area contributed by atoms with Crippen LogP contribution >= 0.6 is 0 Å². The second-order valence-electron chi connectivity index (χ2n) is 4.01. The summed E-state index contributed by atoms with van der Waals surface area (Å²) in [6, 6.07) is 0. The van der Waals surface area contributed by atoms with Crippen LogP contribution in [-0.4, -0.2) is 27.0 Å². The third-order valence-corrected chi connectivity index (χ3v) is 3.68. The lowest BCUT2D eigenvalue weighted by Crippen LogP contribution is -2.49. The van der Waals surface area contributed by atoms with Crippen LogP contribution in [0.2, 0.25) is 0 Å². The van der Waals surface area contributed by atoms with Gasteiger partial charge in [-0.25, -0.2) is 13.1 Å². The number of rotatable bonds is 0.